The van der Waals surface area contributed by atoms with Gasteiger partial charge in [-0.1, -0.05) is 0 Å². The Labute approximate surface area is 190 Å². The van der Waals surface area contributed by atoms with Crippen LogP contribution in [0.3, 0.4) is 0 Å². The van der Waals surface area contributed by atoms with Crippen molar-refractivity contribution >= 4 is 29.2 Å². The number of piperidine rings is 1. The largest absolute Gasteiger partial charge is 0.497 e. The Hall–Kier alpha value is -3.32. The number of hydrogen-bond acceptors (Lipinski definition) is 6. The fourth-order valence-electron chi connectivity index (χ4n) is 4.30. The van der Waals surface area contributed by atoms with Crippen molar-refractivity contribution in [1.29, 1.82) is 0 Å². The van der Waals surface area contributed by atoms with Gasteiger partial charge in [0.1, 0.15) is 17.3 Å². The van der Waals surface area contributed by atoms with Gasteiger partial charge in [0.05, 0.1) is 0 Å². The summed E-state index contributed by atoms with van der Waals surface area (Å²) in [6.07, 6.45) is -2.71. The lowest BCUT2D eigenvalue weighted by molar-refractivity contribution is -0.226. The molecule has 1 aromatic carbocycles. The number of aromatic nitrogens is 1. The smallest absolute Gasteiger partial charge is 0.365 e. The van der Waals surface area contributed by atoms with Gasteiger partial charge in [0.25, 0.3) is 5.69 Å². The third-order valence-corrected chi connectivity index (χ3v) is 5.83. The number of amides is 2. The van der Waals surface area contributed by atoms with E-state index in [2.05, 4.69) is 4.98 Å². The van der Waals surface area contributed by atoms with Crippen molar-refractivity contribution in [1.82, 2.24) is 9.63 Å². The number of nitrogens with two attached hydrogens (primary N) is 1. The minimum absolute atomic E-state index is 0.0755. The van der Waals surface area contributed by atoms with Crippen LogP contribution in [0, 0.1) is 11.6 Å². The summed E-state index contributed by atoms with van der Waals surface area (Å²) < 4.78 is 66.6. The van der Waals surface area contributed by atoms with Gasteiger partial charge >= 0.3 is 18.2 Å². The molecule has 0 saturated carbocycles. The van der Waals surface area contributed by atoms with Gasteiger partial charge in [0.2, 0.25) is 5.82 Å². The van der Waals surface area contributed by atoms with E-state index in [9.17, 15) is 31.5 Å². The molecule has 0 bridgehead atoms. The van der Waals surface area contributed by atoms with Crippen LogP contribution in [-0.2, 0) is 16.2 Å². The van der Waals surface area contributed by atoms with Crippen molar-refractivity contribution in [2.24, 2.45) is 5.73 Å². The summed E-state index contributed by atoms with van der Waals surface area (Å²) in [5, 5.41) is 0. The van der Waals surface area contributed by atoms with E-state index in [-0.39, 0.29) is 23.2 Å². The molecule has 2 aliphatic heterocycles. The molecule has 4 rings (SSSR count). The number of benzene rings is 1. The number of carbonyl (C=O) groups excluding carboxylic acids is 2. The Morgan fingerprint density at radius 3 is 2.71 bits per heavy atom. The molecule has 3 heterocycles. The van der Waals surface area contributed by atoms with Gasteiger partial charge in [-0.15, -0.1) is 0 Å². The number of fused-ring (bicyclic) bond motifs is 1. The number of alkyl halides is 3. The molecule has 1 aromatic heterocycles. The van der Waals surface area contributed by atoms with Gasteiger partial charge < -0.3 is 10.6 Å². The van der Waals surface area contributed by atoms with Crippen LogP contribution in [0.5, 0.6) is 0 Å². The van der Waals surface area contributed by atoms with E-state index in [4.69, 9.17) is 10.6 Å². The average molecular weight is 486 g/mol. The van der Waals surface area contributed by atoms with E-state index in [1.807, 2.05) is 0 Å². The van der Waals surface area contributed by atoms with Gasteiger partial charge in [-0.2, -0.15) is 13.2 Å². The molecular weight excluding hydrogens is 465 g/mol. The summed E-state index contributed by atoms with van der Waals surface area (Å²) >= 11 is 0. The molecule has 34 heavy (non-hydrogen) atoms. The maximum Gasteiger partial charge on any atom is 0.497 e. The highest BCUT2D eigenvalue weighted by Crippen LogP contribution is 2.49. The Kier molecular flexibility index (Phi) is 5.94. The second-order valence-electron chi connectivity index (χ2n) is 8.20. The van der Waals surface area contributed by atoms with Gasteiger partial charge in [-0.05, 0) is 41.8 Å². The highest BCUT2D eigenvalue weighted by atomic mass is 19.4. The number of quaternary nitrogens is 1. The van der Waals surface area contributed by atoms with Crippen molar-refractivity contribution in [2.45, 2.75) is 31.6 Å². The summed E-state index contributed by atoms with van der Waals surface area (Å²) in [4.78, 5) is 37.0. The summed E-state index contributed by atoms with van der Waals surface area (Å²) in [5.41, 5.74) is 5.66. The summed E-state index contributed by atoms with van der Waals surface area (Å²) in [6.45, 7) is -0.153. The molecule has 182 valence electrons. The average Bonchev–Trinajstić information content (AvgIpc) is 2.98. The molecule has 2 amide bonds. The second kappa shape index (κ2) is 8.47. The summed E-state index contributed by atoms with van der Waals surface area (Å²) in [7, 11) is 1.24. The zero-order valence-electron chi connectivity index (χ0n) is 18.0. The quantitative estimate of drug-likeness (QED) is 0.527. The van der Waals surface area contributed by atoms with Crippen molar-refractivity contribution in [3.05, 3.63) is 47.7 Å². The van der Waals surface area contributed by atoms with E-state index in [1.54, 1.807) is 4.90 Å². The highest BCUT2D eigenvalue weighted by molar-refractivity contribution is 6.10. The molecule has 0 spiro atoms. The summed E-state index contributed by atoms with van der Waals surface area (Å²) in [6, 6.07) is 2.41. The maximum absolute atomic E-state index is 14.6. The minimum Gasteiger partial charge on any atom is -0.365 e. The van der Waals surface area contributed by atoms with Gasteiger partial charge in [-0.25, -0.2) is 28.3 Å². The van der Waals surface area contributed by atoms with Gasteiger partial charge in [-0.3, -0.25) is 4.84 Å². The zero-order valence-corrected chi connectivity index (χ0v) is 18.0. The van der Waals surface area contributed by atoms with E-state index < -0.39 is 46.6 Å². The van der Waals surface area contributed by atoms with Crippen LogP contribution in [0.15, 0.2) is 30.5 Å². The molecule has 2 atom stereocenters. The number of urea groups is 1. The zero-order chi connectivity index (χ0) is 24.8. The number of pyridine rings is 1. The third kappa shape index (κ3) is 4.05. The topological polar surface area (TPSA) is 88.8 Å². The van der Waals surface area contributed by atoms with Crippen molar-refractivity contribution in [3.8, 4) is 0 Å². The Morgan fingerprint density at radius 2 is 2.03 bits per heavy atom. The molecule has 1 fully saturated rings. The Balaban J connectivity index is 1.94. The highest BCUT2D eigenvalue weighted by Gasteiger charge is 2.62. The molecule has 0 radical (unpaired) electrons. The second-order valence-corrected chi connectivity index (χ2v) is 8.20. The maximum atomic E-state index is 14.6. The van der Waals surface area contributed by atoms with Gasteiger partial charge in [0.15, 0.2) is 6.54 Å². The van der Waals surface area contributed by atoms with Gasteiger partial charge in [0, 0.05) is 37.9 Å². The summed E-state index contributed by atoms with van der Waals surface area (Å²) in [5.74, 6) is -4.61. The minimum atomic E-state index is -5.46. The fourth-order valence-corrected chi connectivity index (χ4v) is 4.30. The molecule has 2 aliphatic rings. The first-order chi connectivity index (χ1) is 15.9. The standard InChI is InChI=1S/C21H21F5N5O3/c1-29-18-17(16(6-7-28-18)30-8-2-3-14(27)10-30)31(20(29)33,34-19(32)21(24,25)26)11-12-9-13(22)4-5-15(12)23/h4-7,9,14H,2-3,8,10-11,27H2,1H3/q+1/t14?,31-/m1/s1. The number of rotatable bonds is 4. The van der Waals surface area contributed by atoms with Crippen LogP contribution in [0.2, 0.25) is 0 Å². The molecule has 8 nitrogen and oxygen atoms in total. The molecule has 13 heteroatoms. The van der Waals surface area contributed by atoms with Crippen molar-refractivity contribution in [3.63, 3.8) is 0 Å². The lowest BCUT2D eigenvalue weighted by atomic mass is 10.1. The van der Waals surface area contributed by atoms with Crippen LogP contribution in [-0.4, -0.2) is 49.3 Å². The van der Waals surface area contributed by atoms with Crippen LogP contribution in [0.25, 0.3) is 0 Å². The van der Waals surface area contributed by atoms with Crippen molar-refractivity contribution < 1.29 is 36.4 Å². The first-order valence-corrected chi connectivity index (χ1v) is 10.3. The Morgan fingerprint density at radius 1 is 1.29 bits per heavy atom. The molecular formula is C21H21F5N5O3+. The Bertz CT molecular complexity index is 1140. The van der Waals surface area contributed by atoms with Crippen molar-refractivity contribution in [2.75, 3.05) is 29.9 Å². The molecule has 1 saturated heterocycles. The number of carbonyl (C=O) groups is 2. The SMILES string of the molecule is CN1C(=O)[N@+](Cc2cc(F)ccc2F)(OC(=O)C(F)(F)F)c2c(N3CCCC(N)C3)ccnc21. The molecule has 1 unspecified atom stereocenters. The lowest BCUT2D eigenvalue weighted by Crippen LogP contribution is -2.57. The first-order valence-electron chi connectivity index (χ1n) is 10.3. The predicted octanol–water partition coefficient (Wildman–Crippen LogP) is 3.39. The molecule has 0 aliphatic carbocycles. The normalized spacial score (nSPS) is 22.7. The van der Waals surface area contributed by atoms with Crippen LogP contribution in [0.1, 0.15) is 18.4 Å². The fraction of sp³-hybridized carbons (Fsp3) is 0.381. The van der Waals surface area contributed by atoms with Crippen LogP contribution >= 0.6 is 0 Å². The van der Waals surface area contributed by atoms with E-state index in [0.717, 1.165) is 29.5 Å². The number of hydrogen-bond donors (Lipinski definition) is 1. The number of nitrogens with zero attached hydrogens (tertiary/aromatic N) is 4. The van der Waals surface area contributed by atoms with E-state index in [0.29, 0.717) is 19.5 Å². The molecule has 2 aromatic rings. The predicted molar refractivity (Wildman–Crippen MR) is 111 cm³/mol. The third-order valence-electron chi connectivity index (χ3n) is 5.83. The van der Waals surface area contributed by atoms with Crippen LogP contribution < -0.4 is 20.2 Å². The number of anilines is 2. The van der Waals surface area contributed by atoms with E-state index >= 15 is 0 Å². The lowest BCUT2D eigenvalue weighted by Gasteiger charge is -2.35. The first kappa shape index (κ1) is 23.8. The molecule has 2 N–H and O–H groups in total. The monoisotopic (exact) mass is 486 g/mol. The number of halogens is 5. The van der Waals surface area contributed by atoms with E-state index in [1.165, 1.54) is 19.3 Å². The number of hydroxylamine groups is 2. The van der Waals surface area contributed by atoms with Crippen LogP contribution in [0.4, 0.5) is 43.9 Å².